The van der Waals surface area contributed by atoms with E-state index in [1.165, 1.54) is 0 Å². The zero-order chi connectivity index (χ0) is 16.2. The Morgan fingerprint density at radius 1 is 1.09 bits per heavy atom. The largest absolute Gasteiger partial charge is 0.496 e. The molecule has 1 aliphatic carbocycles. The van der Waals surface area contributed by atoms with Crippen molar-refractivity contribution in [1.82, 2.24) is 0 Å². The molecule has 1 saturated carbocycles. The molecule has 0 saturated heterocycles. The average Bonchev–Trinajstić information content (AvgIpc) is 2.60. The van der Waals surface area contributed by atoms with Crippen LogP contribution in [0.3, 0.4) is 0 Å². The van der Waals surface area contributed by atoms with Crippen molar-refractivity contribution in [3.8, 4) is 5.75 Å². The fraction of sp³-hybridized carbons (Fsp3) is 0.250. The Hall–Kier alpha value is -2.06. The Morgan fingerprint density at radius 2 is 1.78 bits per heavy atom. The summed E-state index contributed by atoms with van der Waals surface area (Å²) in [7, 11) is 1.63. The number of carbonyl (C=O) groups excluding carboxylic acids is 1. The number of ketones is 1. The minimum Gasteiger partial charge on any atom is -0.496 e. The molecule has 3 rings (SSSR count). The molecule has 0 bridgehead atoms. The lowest BCUT2D eigenvalue weighted by atomic mass is 9.80. The van der Waals surface area contributed by atoms with E-state index in [4.69, 9.17) is 16.3 Å². The summed E-state index contributed by atoms with van der Waals surface area (Å²) in [4.78, 5) is 12.7. The first-order valence-corrected chi connectivity index (χ1v) is 8.21. The SMILES string of the molecule is COc1ccccc1C=C1CCC(c2ccccc2)C(Cl)C1=O. The summed E-state index contributed by atoms with van der Waals surface area (Å²) in [6.45, 7) is 0. The van der Waals surface area contributed by atoms with Crippen LogP contribution in [-0.4, -0.2) is 18.3 Å². The predicted molar refractivity (Wildman–Crippen MR) is 94.0 cm³/mol. The number of para-hydroxylation sites is 1. The Labute approximate surface area is 141 Å². The lowest BCUT2D eigenvalue weighted by Crippen LogP contribution is -2.29. The predicted octanol–water partition coefficient (Wildman–Crippen LogP) is 4.83. The molecule has 2 nitrogen and oxygen atoms in total. The topological polar surface area (TPSA) is 26.3 Å². The van der Waals surface area contributed by atoms with Crippen LogP contribution >= 0.6 is 11.6 Å². The van der Waals surface area contributed by atoms with Crippen molar-refractivity contribution in [3.63, 3.8) is 0 Å². The number of carbonyl (C=O) groups is 1. The molecule has 2 aromatic rings. The molecule has 0 aromatic heterocycles. The highest BCUT2D eigenvalue weighted by atomic mass is 35.5. The molecule has 2 aromatic carbocycles. The molecular formula is C20H19ClO2. The number of hydrogen-bond acceptors (Lipinski definition) is 2. The van der Waals surface area contributed by atoms with Crippen LogP contribution in [0.15, 0.2) is 60.2 Å². The van der Waals surface area contributed by atoms with Crippen molar-refractivity contribution in [2.24, 2.45) is 0 Å². The zero-order valence-corrected chi connectivity index (χ0v) is 13.8. The van der Waals surface area contributed by atoms with Gasteiger partial charge in [0.15, 0.2) is 5.78 Å². The van der Waals surface area contributed by atoms with E-state index in [2.05, 4.69) is 0 Å². The monoisotopic (exact) mass is 326 g/mol. The van der Waals surface area contributed by atoms with Crippen LogP contribution in [0.5, 0.6) is 5.75 Å². The van der Waals surface area contributed by atoms with E-state index in [0.717, 1.165) is 35.3 Å². The van der Waals surface area contributed by atoms with E-state index >= 15 is 0 Å². The zero-order valence-electron chi connectivity index (χ0n) is 13.0. The van der Waals surface area contributed by atoms with Crippen molar-refractivity contribution < 1.29 is 9.53 Å². The van der Waals surface area contributed by atoms with E-state index in [1.807, 2.05) is 60.7 Å². The van der Waals surface area contributed by atoms with E-state index in [9.17, 15) is 4.79 Å². The number of Topliss-reactive ketones (excluding diaryl/α,β-unsaturated/α-hetero) is 1. The van der Waals surface area contributed by atoms with Gasteiger partial charge >= 0.3 is 0 Å². The average molecular weight is 327 g/mol. The highest BCUT2D eigenvalue weighted by Gasteiger charge is 2.34. The first-order valence-electron chi connectivity index (χ1n) is 7.77. The van der Waals surface area contributed by atoms with Gasteiger partial charge in [-0.15, -0.1) is 11.6 Å². The summed E-state index contributed by atoms with van der Waals surface area (Å²) >= 11 is 6.48. The first kappa shape index (κ1) is 15.8. The van der Waals surface area contributed by atoms with E-state index in [-0.39, 0.29) is 11.7 Å². The standard InChI is InChI=1S/C20H19ClO2/c1-23-18-10-6-5-9-15(18)13-16-11-12-17(19(21)20(16)22)14-7-3-2-4-8-14/h2-10,13,17,19H,11-12H2,1H3. The van der Waals surface area contributed by atoms with Crippen molar-refractivity contribution in [3.05, 3.63) is 71.3 Å². The van der Waals surface area contributed by atoms with Crippen LogP contribution in [-0.2, 0) is 4.79 Å². The quantitative estimate of drug-likeness (QED) is 0.596. The maximum Gasteiger partial charge on any atom is 0.177 e. The van der Waals surface area contributed by atoms with Gasteiger partial charge in [0.05, 0.1) is 7.11 Å². The summed E-state index contributed by atoms with van der Waals surface area (Å²) in [5.74, 6) is 0.877. The van der Waals surface area contributed by atoms with E-state index in [0.29, 0.717) is 0 Å². The maximum absolute atomic E-state index is 12.7. The van der Waals surface area contributed by atoms with Crippen LogP contribution in [0.2, 0.25) is 0 Å². The summed E-state index contributed by atoms with van der Waals surface area (Å²) < 4.78 is 5.35. The van der Waals surface area contributed by atoms with Crippen LogP contribution in [0, 0.1) is 0 Å². The molecule has 3 heteroatoms. The number of ether oxygens (including phenoxy) is 1. The molecule has 0 spiro atoms. The van der Waals surface area contributed by atoms with Crippen LogP contribution < -0.4 is 4.74 Å². The molecule has 2 atom stereocenters. The summed E-state index contributed by atoms with van der Waals surface area (Å²) in [5.41, 5.74) is 2.83. The maximum atomic E-state index is 12.7. The molecule has 0 heterocycles. The van der Waals surface area contributed by atoms with Crippen molar-refractivity contribution in [2.75, 3.05) is 7.11 Å². The normalized spacial score (nSPS) is 23.0. The van der Waals surface area contributed by atoms with Gasteiger partial charge in [-0.3, -0.25) is 4.79 Å². The number of rotatable bonds is 3. The van der Waals surface area contributed by atoms with Gasteiger partial charge < -0.3 is 4.74 Å². The van der Waals surface area contributed by atoms with Crippen molar-refractivity contribution >= 4 is 23.5 Å². The molecule has 23 heavy (non-hydrogen) atoms. The van der Waals surface area contributed by atoms with Gasteiger partial charge in [-0.2, -0.15) is 0 Å². The first-order chi connectivity index (χ1) is 11.2. The van der Waals surface area contributed by atoms with Gasteiger partial charge in [0, 0.05) is 11.5 Å². The second-order valence-electron chi connectivity index (χ2n) is 5.73. The minimum atomic E-state index is -0.507. The van der Waals surface area contributed by atoms with Crippen molar-refractivity contribution in [1.29, 1.82) is 0 Å². The van der Waals surface area contributed by atoms with Gasteiger partial charge in [-0.1, -0.05) is 48.5 Å². The lowest BCUT2D eigenvalue weighted by Gasteiger charge is -2.28. The van der Waals surface area contributed by atoms with Crippen LogP contribution in [0.1, 0.15) is 29.9 Å². The minimum absolute atomic E-state index is 0.0256. The lowest BCUT2D eigenvalue weighted by molar-refractivity contribution is -0.116. The summed E-state index contributed by atoms with van der Waals surface area (Å²) in [6, 6.07) is 17.7. The fourth-order valence-electron chi connectivity index (χ4n) is 3.09. The third kappa shape index (κ3) is 3.32. The molecular weight excluding hydrogens is 308 g/mol. The van der Waals surface area contributed by atoms with Gasteiger partial charge in [0.25, 0.3) is 0 Å². The van der Waals surface area contributed by atoms with E-state index < -0.39 is 5.38 Å². The van der Waals surface area contributed by atoms with Crippen LogP contribution in [0.4, 0.5) is 0 Å². The molecule has 0 amide bonds. The van der Waals surface area contributed by atoms with Gasteiger partial charge in [-0.25, -0.2) is 0 Å². The summed E-state index contributed by atoms with van der Waals surface area (Å²) in [6.07, 6.45) is 3.53. The Balaban J connectivity index is 1.85. The Bertz CT molecular complexity index is 721. The number of allylic oxidation sites excluding steroid dienone is 1. The molecule has 1 aliphatic rings. The van der Waals surface area contributed by atoms with Crippen molar-refractivity contribution in [2.45, 2.75) is 24.1 Å². The molecule has 2 unspecified atom stereocenters. The third-order valence-electron chi connectivity index (χ3n) is 4.34. The molecule has 0 aliphatic heterocycles. The smallest absolute Gasteiger partial charge is 0.177 e. The number of hydrogen-bond donors (Lipinski definition) is 0. The van der Waals surface area contributed by atoms with E-state index in [1.54, 1.807) is 7.11 Å². The number of benzene rings is 2. The Morgan fingerprint density at radius 3 is 2.52 bits per heavy atom. The molecule has 0 radical (unpaired) electrons. The second-order valence-corrected chi connectivity index (χ2v) is 6.20. The highest BCUT2D eigenvalue weighted by molar-refractivity contribution is 6.35. The molecule has 1 fully saturated rings. The van der Waals surface area contributed by atoms with Gasteiger partial charge in [0.1, 0.15) is 11.1 Å². The second kappa shape index (κ2) is 7.01. The van der Waals surface area contributed by atoms with Gasteiger partial charge in [-0.05, 0) is 36.1 Å². The highest BCUT2D eigenvalue weighted by Crippen LogP contribution is 2.38. The van der Waals surface area contributed by atoms with Gasteiger partial charge in [0.2, 0.25) is 0 Å². The summed E-state index contributed by atoms with van der Waals surface area (Å²) in [5, 5.41) is -0.507. The van der Waals surface area contributed by atoms with Crippen LogP contribution in [0.25, 0.3) is 6.08 Å². The number of alkyl halides is 1. The molecule has 0 N–H and O–H groups in total. The fourth-order valence-corrected chi connectivity index (χ4v) is 3.50. The molecule has 118 valence electrons. The number of methoxy groups -OCH3 is 1. The number of halogens is 1. The Kier molecular flexibility index (Phi) is 4.82. The third-order valence-corrected chi connectivity index (χ3v) is 4.84.